The van der Waals surface area contributed by atoms with Crippen LogP contribution in [0, 0.1) is 11.8 Å². The van der Waals surface area contributed by atoms with Crippen LogP contribution in [0.1, 0.15) is 32.6 Å². The smallest absolute Gasteiger partial charge is 0.223 e. The minimum Gasteiger partial charge on any atom is -0.352 e. The number of sulfone groups is 1. The van der Waals surface area contributed by atoms with E-state index in [1.807, 2.05) is 0 Å². The Morgan fingerprint density at radius 2 is 1.90 bits per heavy atom. The first kappa shape index (κ1) is 15.8. The molecule has 1 amide bonds. The van der Waals surface area contributed by atoms with Crippen molar-refractivity contribution in [1.82, 2.24) is 10.2 Å². The maximum absolute atomic E-state index is 12.3. The number of amides is 1. The number of hydrogen-bond acceptors (Lipinski definition) is 4. The predicted octanol–water partition coefficient (Wildman–Crippen LogP) is 0.658. The average Bonchev–Trinajstić information content (AvgIpc) is 2.69. The fourth-order valence-corrected chi connectivity index (χ4v) is 4.86. The zero-order valence-electron chi connectivity index (χ0n) is 12.5. The van der Waals surface area contributed by atoms with Crippen molar-refractivity contribution in [3.8, 4) is 0 Å². The number of carbonyl (C=O) groups is 1. The number of rotatable bonds is 4. The average molecular weight is 302 g/mol. The Kier molecular flexibility index (Phi) is 5.07. The molecule has 0 saturated carbocycles. The van der Waals surface area contributed by atoms with Gasteiger partial charge in [0.25, 0.3) is 0 Å². The standard InChI is InChI=1S/C14H26N2O3S/c1-3-4-12-9-16(2)10-13(12)15-14(17)11-5-7-20(18,19)8-6-11/h11-13H,3-10H2,1-2H3,(H,15,17)/t12-,13-/m0/s1. The Morgan fingerprint density at radius 3 is 2.50 bits per heavy atom. The number of nitrogens with one attached hydrogen (secondary N) is 1. The molecule has 0 spiro atoms. The van der Waals surface area contributed by atoms with Crippen LogP contribution in [0.25, 0.3) is 0 Å². The van der Waals surface area contributed by atoms with Gasteiger partial charge in [0.05, 0.1) is 11.5 Å². The highest BCUT2D eigenvalue weighted by atomic mass is 32.2. The molecule has 2 saturated heterocycles. The van der Waals surface area contributed by atoms with E-state index in [1.165, 1.54) is 0 Å². The van der Waals surface area contributed by atoms with Crippen molar-refractivity contribution >= 4 is 15.7 Å². The molecule has 0 aromatic heterocycles. The summed E-state index contributed by atoms with van der Waals surface area (Å²) in [5.74, 6) is 0.788. The first-order valence-corrected chi connectivity index (χ1v) is 9.42. The van der Waals surface area contributed by atoms with E-state index in [9.17, 15) is 13.2 Å². The number of likely N-dealkylation sites (N-methyl/N-ethyl adjacent to an activating group) is 1. The van der Waals surface area contributed by atoms with Crippen molar-refractivity contribution in [2.45, 2.75) is 38.6 Å². The van der Waals surface area contributed by atoms with Crippen LogP contribution in [0.5, 0.6) is 0 Å². The van der Waals surface area contributed by atoms with E-state index in [4.69, 9.17) is 0 Å². The second-order valence-corrected chi connectivity index (χ2v) is 8.61. The molecule has 2 fully saturated rings. The van der Waals surface area contributed by atoms with E-state index in [2.05, 4.69) is 24.2 Å². The second-order valence-electron chi connectivity index (χ2n) is 6.31. The van der Waals surface area contributed by atoms with E-state index >= 15 is 0 Å². The van der Waals surface area contributed by atoms with Gasteiger partial charge in [0, 0.05) is 25.0 Å². The molecule has 6 heteroatoms. The van der Waals surface area contributed by atoms with Crippen LogP contribution in [0.4, 0.5) is 0 Å². The molecule has 116 valence electrons. The molecule has 20 heavy (non-hydrogen) atoms. The Bertz CT molecular complexity index is 435. The second kappa shape index (κ2) is 6.43. The number of likely N-dealkylation sites (tertiary alicyclic amines) is 1. The molecule has 2 heterocycles. The van der Waals surface area contributed by atoms with Crippen LogP contribution in [0.15, 0.2) is 0 Å². The van der Waals surface area contributed by atoms with Gasteiger partial charge >= 0.3 is 0 Å². The van der Waals surface area contributed by atoms with Crippen LogP contribution in [0.3, 0.4) is 0 Å². The molecule has 2 aliphatic rings. The minimum absolute atomic E-state index is 0.0568. The number of carbonyl (C=O) groups excluding carboxylic acids is 1. The van der Waals surface area contributed by atoms with E-state index < -0.39 is 9.84 Å². The Hall–Kier alpha value is -0.620. The van der Waals surface area contributed by atoms with E-state index in [0.29, 0.717) is 18.8 Å². The first-order valence-electron chi connectivity index (χ1n) is 7.60. The quantitative estimate of drug-likeness (QED) is 0.828. The SMILES string of the molecule is CCC[C@H]1CN(C)C[C@@H]1NC(=O)C1CCS(=O)(=O)CC1. The van der Waals surface area contributed by atoms with Gasteiger partial charge in [0.1, 0.15) is 9.84 Å². The van der Waals surface area contributed by atoms with Gasteiger partial charge in [0.15, 0.2) is 0 Å². The highest BCUT2D eigenvalue weighted by molar-refractivity contribution is 7.91. The van der Waals surface area contributed by atoms with Crippen molar-refractivity contribution in [2.24, 2.45) is 11.8 Å². The predicted molar refractivity (Wildman–Crippen MR) is 79.2 cm³/mol. The van der Waals surface area contributed by atoms with E-state index in [0.717, 1.165) is 25.9 Å². The van der Waals surface area contributed by atoms with Crippen LogP contribution in [-0.4, -0.2) is 56.9 Å². The third-order valence-corrected chi connectivity index (χ3v) is 6.25. The molecule has 2 rings (SSSR count). The maximum Gasteiger partial charge on any atom is 0.223 e. The van der Waals surface area contributed by atoms with Gasteiger partial charge in [-0.2, -0.15) is 0 Å². The van der Waals surface area contributed by atoms with Crippen molar-refractivity contribution < 1.29 is 13.2 Å². The third kappa shape index (κ3) is 3.95. The van der Waals surface area contributed by atoms with Crippen LogP contribution in [0.2, 0.25) is 0 Å². The summed E-state index contributed by atoms with van der Waals surface area (Å²) >= 11 is 0. The molecular weight excluding hydrogens is 276 g/mol. The van der Waals surface area contributed by atoms with Gasteiger partial charge in [-0.15, -0.1) is 0 Å². The molecule has 0 radical (unpaired) electrons. The molecular formula is C14H26N2O3S. The summed E-state index contributed by atoms with van der Waals surface area (Å²) in [6.07, 6.45) is 3.23. The summed E-state index contributed by atoms with van der Waals surface area (Å²) in [5, 5.41) is 3.17. The summed E-state index contributed by atoms with van der Waals surface area (Å²) in [6, 6.07) is 0.228. The molecule has 0 bridgehead atoms. The van der Waals surface area contributed by atoms with Gasteiger partial charge in [-0.1, -0.05) is 13.3 Å². The van der Waals surface area contributed by atoms with E-state index in [1.54, 1.807) is 0 Å². The maximum atomic E-state index is 12.3. The molecule has 0 aromatic rings. The van der Waals surface area contributed by atoms with Crippen molar-refractivity contribution in [3.05, 3.63) is 0 Å². The van der Waals surface area contributed by atoms with Gasteiger partial charge in [0.2, 0.25) is 5.91 Å². The van der Waals surface area contributed by atoms with Crippen LogP contribution >= 0.6 is 0 Å². The molecule has 1 N–H and O–H groups in total. The summed E-state index contributed by atoms with van der Waals surface area (Å²) in [6.45, 7) is 4.11. The topological polar surface area (TPSA) is 66.5 Å². The van der Waals surface area contributed by atoms with Crippen molar-refractivity contribution in [2.75, 3.05) is 31.6 Å². The van der Waals surface area contributed by atoms with Gasteiger partial charge in [-0.25, -0.2) is 8.42 Å². The fraction of sp³-hybridized carbons (Fsp3) is 0.929. The monoisotopic (exact) mass is 302 g/mol. The fourth-order valence-electron chi connectivity index (χ4n) is 3.37. The molecule has 5 nitrogen and oxygen atoms in total. The van der Waals surface area contributed by atoms with Gasteiger partial charge in [-0.05, 0) is 32.2 Å². The van der Waals surface area contributed by atoms with E-state index in [-0.39, 0.29) is 29.4 Å². The molecule has 0 aromatic carbocycles. The molecule has 2 atom stereocenters. The lowest BCUT2D eigenvalue weighted by Crippen LogP contribution is -2.45. The lowest BCUT2D eigenvalue weighted by molar-refractivity contribution is -0.126. The summed E-state index contributed by atoms with van der Waals surface area (Å²) in [4.78, 5) is 14.6. The number of nitrogens with zero attached hydrogens (tertiary/aromatic N) is 1. The van der Waals surface area contributed by atoms with Gasteiger partial charge < -0.3 is 10.2 Å². The zero-order valence-corrected chi connectivity index (χ0v) is 13.3. The first-order chi connectivity index (χ1) is 9.41. The van der Waals surface area contributed by atoms with Crippen LogP contribution in [-0.2, 0) is 14.6 Å². The van der Waals surface area contributed by atoms with Crippen LogP contribution < -0.4 is 5.32 Å². The Labute approximate surface area is 122 Å². The highest BCUT2D eigenvalue weighted by Crippen LogP contribution is 2.23. The highest BCUT2D eigenvalue weighted by Gasteiger charge is 2.34. The minimum atomic E-state index is -2.89. The third-order valence-electron chi connectivity index (χ3n) is 4.54. The lowest BCUT2D eigenvalue weighted by Gasteiger charge is -2.25. The normalized spacial score (nSPS) is 31.3. The van der Waals surface area contributed by atoms with Crippen molar-refractivity contribution in [3.63, 3.8) is 0 Å². The molecule has 0 unspecified atom stereocenters. The van der Waals surface area contributed by atoms with Gasteiger partial charge in [-0.3, -0.25) is 4.79 Å². The lowest BCUT2D eigenvalue weighted by atomic mass is 9.96. The van der Waals surface area contributed by atoms with Crippen molar-refractivity contribution in [1.29, 1.82) is 0 Å². The summed E-state index contributed by atoms with van der Waals surface area (Å²) in [5.41, 5.74) is 0. The summed E-state index contributed by atoms with van der Waals surface area (Å²) in [7, 11) is -0.808. The molecule has 2 aliphatic heterocycles. The summed E-state index contributed by atoms with van der Waals surface area (Å²) < 4.78 is 22.8. The number of hydrogen-bond donors (Lipinski definition) is 1. The largest absolute Gasteiger partial charge is 0.352 e. The molecule has 0 aliphatic carbocycles. The Balaban J connectivity index is 1.88. The zero-order chi connectivity index (χ0) is 14.8. The Morgan fingerprint density at radius 1 is 1.25 bits per heavy atom.